The van der Waals surface area contributed by atoms with Gasteiger partial charge in [0.15, 0.2) is 0 Å². The Bertz CT molecular complexity index is 593. The number of carbonyl (C=O) groups excluding carboxylic acids is 1. The third-order valence-corrected chi connectivity index (χ3v) is 5.24. The van der Waals surface area contributed by atoms with E-state index in [0.717, 1.165) is 19.3 Å². The van der Waals surface area contributed by atoms with Crippen molar-refractivity contribution in [2.45, 2.75) is 51.2 Å². The Morgan fingerprint density at radius 3 is 2.70 bits per heavy atom. The van der Waals surface area contributed by atoms with E-state index in [2.05, 4.69) is 10.3 Å². The molecule has 2 fully saturated rings. The molecule has 0 saturated heterocycles. The van der Waals surface area contributed by atoms with Gasteiger partial charge in [0.1, 0.15) is 5.69 Å². The van der Waals surface area contributed by atoms with Crippen LogP contribution < -0.4 is 5.32 Å². The minimum absolute atomic E-state index is 0.0612. The Balaban J connectivity index is 1.67. The minimum atomic E-state index is -1.10. The van der Waals surface area contributed by atoms with Crippen LogP contribution in [0.1, 0.15) is 59.9 Å². The highest BCUT2D eigenvalue weighted by Gasteiger charge is 2.57. The van der Waals surface area contributed by atoms with Gasteiger partial charge in [-0.15, -0.1) is 0 Å². The predicted molar refractivity (Wildman–Crippen MR) is 83.4 cm³/mol. The molecule has 2 N–H and O–H groups in total. The van der Waals surface area contributed by atoms with Gasteiger partial charge in [0.25, 0.3) is 5.91 Å². The van der Waals surface area contributed by atoms with Crippen molar-refractivity contribution in [1.82, 2.24) is 10.3 Å². The summed E-state index contributed by atoms with van der Waals surface area (Å²) in [5.74, 6) is -1.29. The van der Waals surface area contributed by atoms with Gasteiger partial charge in [-0.2, -0.15) is 0 Å². The predicted octanol–water partition coefficient (Wildman–Crippen LogP) is 2.25. The van der Waals surface area contributed by atoms with Gasteiger partial charge in [-0.05, 0) is 38.3 Å². The number of amides is 1. The highest BCUT2D eigenvalue weighted by molar-refractivity contribution is 5.95. The summed E-state index contributed by atoms with van der Waals surface area (Å²) in [6.45, 7) is 2.71. The number of aromatic carboxylic acids is 1. The van der Waals surface area contributed by atoms with Crippen molar-refractivity contribution in [3.63, 3.8) is 0 Å². The summed E-state index contributed by atoms with van der Waals surface area (Å²) in [6, 6.07) is 2.99. The minimum Gasteiger partial charge on any atom is -0.477 e. The summed E-state index contributed by atoms with van der Waals surface area (Å²) in [6.07, 6.45) is 6.97. The lowest BCUT2D eigenvalue weighted by Crippen LogP contribution is -2.63. The topological polar surface area (TPSA) is 88.5 Å². The quantitative estimate of drug-likeness (QED) is 0.869. The van der Waals surface area contributed by atoms with Gasteiger partial charge in [-0.1, -0.05) is 12.8 Å². The van der Waals surface area contributed by atoms with Crippen LogP contribution in [0, 0.1) is 5.41 Å². The zero-order valence-corrected chi connectivity index (χ0v) is 13.2. The Morgan fingerprint density at radius 2 is 2.13 bits per heavy atom. The lowest BCUT2D eigenvalue weighted by atomic mass is 9.60. The molecule has 23 heavy (non-hydrogen) atoms. The summed E-state index contributed by atoms with van der Waals surface area (Å²) < 4.78 is 5.85. The largest absolute Gasteiger partial charge is 0.477 e. The van der Waals surface area contributed by atoms with Crippen LogP contribution in [-0.4, -0.2) is 40.7 Å². The van der Waals surface area contributed by atoms with Crippen LogP contribution in [0.3, 0.4) is 0 Å². The molecule has 3 rings (SSSR count). The molecule has 2 unspecified atom stereocenters. The molecule has 1 aromatic rings. The molecule has 0 bridgehead atoms. The number of carboxylic acid groups (broad SMARTS) is 1. The molecule has 0 aliphatic heterocycles. The lowest BCUT2D eigenvalue weighted by Gasteiger charge is -2.54. The molecule has 124 valence electrons. The number of nitrogens with one attached hydrogen (secondary N) is 1. The number of rotatable bonds is 5. The number of nitrogens with zero attached hydrogens (tertiary/aromatic N) is 1. The zero-order chi connectivity index (χ0) is 16.4. The highest BCUT2D eigenvalue weighted by atomic mass is 16.5. The molecule has 1 spiro atoms. The van der Waals surface area contributed by atoms with E-state index in [-0.39, 0.29) is 29.2 Å². The Kier molecular flexibility index (Phi) is 4.35. The average molecular weight is 318 g/mol. The van der Waals surface area contributed by atoms with E-state index in [1.54, 1.807) is 0 Å². The van der Waals surface area contributed by atoms with Crippen LogP contribution in [0.4, 0.5) is 0 Å². The van der Waals surface area contributed by atoms with Crippen LogP contribution in [0.2, 0.25) is 0 Å². The van der Waals surface area contributed by atoms with E-state index in [0.29, 0.717) is 12.2 Å². The van der Waals surface area contributed by atoms with Crippen molar-refractivity contribution in [2.75, 3.05) is 6.61 Å². The van der Waals surface area contributed by atoms with E-state index in [1.807, 2.05) is 6.92 Å². The smallest absolute Gasteiger partial charge is 0.354 e. The van der Waals surface area contributed by atoms with Gasteiger partial charge in [0, 0.05) is 24.3 Å². The van der Waals surface area contributed by atoms with Crippen LogP contribution in [0.25, 0.3) is 0 Å². The first-order valence-corrected chi connectivity index (χ1v) is 8.18. The lowest BCUT2D eigenvalue weighted by molar-refractivity contribution is -0.127. The standard InChI is InChI=1S/C17H22N2O4/c1-2-23-14-9-13(17(14)7-3-4-8-17)19-15(20)11-5-6-12(16(21)22)18-10-11/h5-6,10,13-14H,2-4,7-9H2,1H3,(H,19,20)(H,21,22). The molecule has 2 aliphatic rings. The first-order valence-electron chi connectivity index (χ1n) is 8.18. The van der Waals surface area contributed by atoms with Crippen molar-refractivity contribution < 1.29 is 19.4 Å². The van der Waals surface area contributed by atoms with Gasteiger partial charge in [-0.25, -0.2) is 9.78 Å². The Hall–Kier alpha value is -1.95. The van der Waals surface area contributed by atoms with Crippen LogP contribution >= 0.6 is 0 Å². The first kappa shape index (κ1) is 15.9. The van der Waals surface area contributed by atoms with Crippen LogP contribution in [-0.2, 0) is 4.74 Å². The summed E-state index contributed by atoms with van der Waals surface area (Å²) in [4.78, 5) is 27.0. The van der Waals surface area contributed by atoms with E-state index in [1.165, 1.54) is 31.2 Å². The molecule has 2 atom stereocenters. The van der Waals surface area contributed by atoms with Gasteiger partial charge >= 0.3 is 5.97 Å². The summed E-state index contributed by atoms with van der Waals surface area (Å²) >= 11 is 0. The van der Waals surface area contributed by atoms with E-state index in [4.69, 9.17) is 9.84 Å². The van der Waals surface area contributed by atoms with Crippen molar-refractivity contribution >= 4 is 11.9 Å². The third-order valence-electron chi connectivity index (χ3n) is 5.24. The molecule has 6 nitrogen and oxygen atoms in total. The van der Waals surface area contributed by atoms with Gasteiger partial charge in [0.05, 0.1) is 11.7 Å². The highest BCUT2D eigenvalue weighted by Crippen LogP contribution is 2.54. The Labute approximate surface area is 135 Å². The van der Waals surface area contributed by atoms with Gasteiger partial charge in [0.2, 0.25) is 0 Å². The molecule has 1 heterocycles. The number of carbonyl (C=O) groups is 2. The van der Waals surface area contributed by atoms with Crippen molar-refractivity contribution in [3.05, 3.63) is 29.6 Å². The summed E-state index contributed by atoms with van der Waals surface area (Å²) in [7, 11) is 0. The molecule has 0 aromatic carbocycles. The maximum absolute atomic E-state index is 12.4. The van der Waals surface area contributed by atoms with E-state index < -0.39 is 5.97 Å². The molecule has 2 saturated carbocycles. The summed E-state index contributed by atoms with van der Waals surface area (Å²) in [5, 5.41) is 11.9. The van der Waals surface area contributed by atoms with Crippen LogP contribution in [0.15, 0.2) is 18.3 Å². The molecular weight excluding hydrogens is 296 g/mol. The van der Waals surface area contributed by atoms with Gasteiger partial charge in [-0.3, -0.25) is 4.79 Å². The summed E-state index contributed by atoms with van der Waals surface area (Å²) in [5.41, 5.74) is 0.414. The normalized spacial score (nSPS) is 25.1. The fourth-order valence-electron chi connectivity index (χ4n) is 3.99. The first-order chi connectivity index (χ1) is 11.1. The van der Waals surface area contributed by atoms with Crippen molar-refractivity contribution in [2.24, 2.45) is 5.41 Å². The number of hydrogen-bond donors (Lipinski definition) is 2. The van der Waals surface area contributed by atoms with E-state index >= 15 is 0 Å². The number of aromatic nitrogens is 1. The molecular formula is C17H22N2O4. The molecule has 1 amide bonds. The maximum atomic E-state index is 12.4. The monoisotopic (exact) mass is 318 g/mol. The molecule has 0 radical (unpaired) electrons. The number of pyridine rings is 1. The van der Waals surface area contributed by atoms with Gasteiger partial charge < -0.3 is 15.2 Å². The second-order valence-electron chi connectivity index (χ2n) is 6.38. The van der Waals surface area contributed by atoms with Crippen molar-refractivity contribution in [1.29, 1.82) is 0 Å². The molecule has 2 aliphatic carbocycles. The zero-order valence-electron chi connectivity index (χ0n) is 13.2. The maximum Gasteiger partial charge on any atom is 0.354 e. The molecule has 6 heteroatoms. The fourth-order valence-corrected chi connectivity index (χ4v) is 3.99. The second-order valence-corrected chi connectivity index (χ2v) is 6.38. The second kappa shape index (κ2) is 6.28. The van der Waals surface area contributed by atoms with Crippen molar-refractivity contribution in [3.8, 4) is 0 Å². The number of carboxylic acids is 1. The van der Waals surface area contributed by atoms with E-state index in [9.17, 15) is 9.59 Å². The SMILES string of the molecule is CCOC1CC(NC(=O)c2ccc(C(=O)O)nc2)C12CCCC2. The molecule has 1 aromatic heterocycles. The number of hydrogen-bond acceptors (Lipinski definition) is 4. The van der Waals surface area contributed by atoms with Crippen LogP contribution in [0.5, 0.6) is 0 Å². The number of ether oxygens (including phenoxy) is 1. The Morgan fingerprint density at radius 1 is 1.39 bits per heavy atom. The third kappa shape index (κ3) is 2.83. The fraction of sp³-hybridized carbons (Fsp3) is 0.588. The average Bonchev–Trinajstić information content (AvgIpc) is 3.06.